The topological polar surface area (TPSA) is 82.5 Å². The predicted molar refractivity (Wildman–Crippen MR) is 80.5 cm³/mol. The summed E-state index contributed by atoms with van der Waals surface area (Å²) < 4.78 is 0. The molecule has 1 aromatic heterocycles. The molecule has 0 aliphatic carbocycles. The summed E-state index contributed by atoms with van der Waals surface area (Å²) >= 11 is 0. The highest BCUT2D eigenvalue weighted by molar-refractivity contribution is 6.26. The number of carbonyl (C=O) groups is 2. The van der Waals surface area contributed by atoms with Gasteiger partial charge in [0.1, 0.15) is 11.8 Å². The molecule has 6 nitrogen and oxygen atoms in total. The molecular formula is C16H13N3O3. The summed E-state index contributed by atoms with van der Waals surface area (Å²) in [4.78, 5) is 30.6. The Hall–Kier alpha value is -2.89. The summed E-state index contributed by atoms with van der Waals surface area (Å²) in [6.45, 7) is 3.75. The highest BCUT2D eigenvalue weighted by atomic mass is 16.3. The molecule has 1 saturated heterocycles. The van der Waals surface area contributed by atoms with Gasteiger partial charge >= 0.3 is 0 Å². The number of hydrogen-bond acceptors (Lipinski definition) is 4. The van der Waals surface area contributed by atoms with E-state index in [0.717, 1.165) is 5.39 Å². The van der Waals surface area contributed by atoms with E-state index in [4.69, 9.17) is 0 Å². The number of aromatic nitrogens is 1. The molecule has 2 amide bonds. The van der Waals surface area contributed by atoms with Gasteiger partial charge in [0, 0.05) is 22.7 Å². The van der Waals surface area contributed by atoms with Crippen molar-refractivity contribution in [2.24, 2.45) is 0 Å². The number of nitrogens with one attached hydrogen (secondary N) is 1. The monoisotopic (exact) mass is 295 g/mol. The Bertz CT molecular complexity index is 859. The summed E-state index contributed by atoms with van der Waals surface area (Å²) in [5.41, 5.74) is 1.69. The second-order valence-electron chi connectivity index (χ2n) is 5.57. The summed E-state index contributed by atoms with van der Waals surface area (Å²) in [5.74, 6) is -0.506. The zero-order valence-corrected chi connectivity index (χ0v) is 11.7. The van der Waals surface area contributed by atoms with Crippen LogP contribution in [0.1, 0.15) is 23.2 Å². The molecule has 110 valence electrons. The Kier molecular flexibility index (Phi) is 2.51. The van der Waals surface area contributed by atoms with Crippen LogP contribution in [0.25, 0.3) is 10.8 Å². The first-order valence-corrected chi connectivity index (χ1v) is 6.99. The van der Waals surface area contributed by atoms with Gasteiger partial charge in [0.25, 0.3) is 5.91 Å². The molecule has 4 rings (SSSR count). The third kappa shape index (κ3) is 1.64. The number of nitrogens with zero attached hydrogens (tertiary/aromatic N) is 2. The number of pyridine rings is 1. The molecule has 2 aromatic rings. The lowest BCUT2D eigenvalue weighted by molar-refractivity contribution is -0.122. The van der Waals surface area contributed by atoms with Crippen LogP contribution in [0.15, 0.2) is 36.8 Å². The highest BCUT2D eigenvalue weighted by Gasteiger charge is 2.40. The van der Waals surface area contributed by atoms with Gasteiger partial charge in [-0.05, 0) is 25.0 Å². The normalized spacial score (nSPS) is 20.6. The molecule has 2 aliphatic rings. The second kappa shape index (κ2) is 4.30. The van der Waals surface area contributed by atoms with E-state index in [1.807, 2.05) is 0 Å². The largest absolute Gasteiger partial charge is 0.508 e. The Labute approximate surface area is 126 Å². The van der Waals surface area contributed by atoms with E-state index < -0.39 is 6.04 Å². The van der Waals surface area contributed by atoms with Crippen LogP contribution >= 0.6 is 0 Å². The van der Waals surface area contributed by atoms with Crippen LogP contribution in [0.3, 0.4) is 0 Å². The van der Waals surface area contributed by atoms with Crippen LogP contribution in [-0.2, 0) is 4.79 Å². The fourth-order valence-corrected chi connectivity index (χ4v) is 3.20. The summed E-state index contributed by atoms with van der Waals surface area (Å²) in [7, 11) is 0. The number of allylic oxidation sites excluding steroid dienone is 1. The van der Waals surface area contributed by atoms with Gasteiger partial charge in [0.2, 0.25) is 5.91 Å². The zero-order valence-electron chi connectivity index (χ0n) is 11.7. The number of aromatic hydroxyl groups is 1. The molecular weight excluding hydrogens is 282 g/mol. The van der Waals surface area contributed by atoms with Crippen molar-refractivity contribution in [2.75, 3.05) is 4.90 Å². The lowest BCUT2D eigenvalue weighted by Gasteiger charge is -2.31. The summed E-state index contributed by atoms with van der Waals surface area (Å²) in [6, 6.07) is 2.42. The number of phenols is 1. The lowest BCUT2D eigenvalue weighted by atomic mass is 10.0. The van der Waals surface area contributed by atoms with E-state index in [1.165, 1.54) is 11.0 Å². The van der Waals surface area contributed by atoms with Gasteiger partial charge in [-0.25, -0.2) is 0 Å². The number of rotatable bonds is 1. The van der Waals surface area contributed by atoms with Crippen molar-refractivity contribution >= 4 is 28.3 Å². The lowest BCUT2D eigenvalue weighted by Crippen LogP contribution is -2.51. The van der Waals surface area contributed by atoms with E-state index in [9.17, 15) is 14.7 Å². The molecule has 0 bridgehead atoms. The standard InChI is InChI=1S/C16H13N3O3/c1-8-2-3-12(15(21)18-8)19-13-7-17-6-9-4-10(20)5-11(14(9)13)16(19)22/h4-7,12,20H,1-3H2,(H,18,21). The smallest absolute Gasteiger partial charge is 0.259 e. The molecule has 0 spiro atoms. The minimum Gasteiger partial charge on any atom is -0.508 e. The Balaban J connectivity index is 1.88. The molecule has 22 heavy (non-hydrogen) atoms. The van der Waals surface area contributed by atoms with E-state index >= 15 is 0 Å². The van der Waals surface area contributed by atoms with Crippen LogP contribution in [0.4, 0.5) is 5.69 Å². The van der Waals surface area contributed by atoms with Gasteiger partial charge in [-0.2, -0.15) is 0 Å². The number of hydrogen-bond donors (Lipinski definition) is 2. The molecule has 1 unspecified atom stereocenters. The first kappa shape index (κ1) is 12.8. The molecule has 3 heterocycles. The third-order valence-electron chi connectivity index (χ3n) is 4.16. The molecule has 1 fully saturated rings. The Morgan fingerprint density at radius 1 is 1.32 bits per heavy atom. The van der Waals surface area contributed by atoms with Gasteiger partial charge in [0.05, 0.1) is 17.4 Å². The minimum absolute atomic E-state index is 0.0122. The molecule has 0 radical (unpaired) electrons. The summed E-state index contributed by atoms with van der Waals surface area (Å²) in [5, 5.41) is 13.9. The molecule has 2 N–H and O–H groups in total. The average molecular weight is 295 g/mol. The number of phenolic OH excluding ortho intramolecular Hbond substituents is 1. The second-order valence-corrected chi connectivity index (χ2v) is 5.57. The predicted octanol–water partition coefficient (Wildman–Crippen LogP) is 1.69. The number of benzene rings is 1. The van der Waals surface area contributed by atoms with Gasteiger partial charge in [0.15, 0.2) is 0 Å². The Morgan fingerprint density at radius 2 is 2.14 bits per heavy atom. The fraction of sp³-hybridized carbons (Fsp3) is 0.188. The minimum atomic E-state index is -0.583. The highest BCUT2D eigenvalue weighted by Crippen LogP contribution is 2.40. The van der Waals surface area contributed by atoms with E-state index in [-0.39, 0.29) is 17.6 Å². The molecule has 1 aromatic carbocycles. The van der Waals surface area contributed by atoms with Gasteiger partial charge < -0.3 is 10.4 Å². The maximum absolute atomic E-state index is 12.7. The van der Waals surface area contributed by atoms with Crippen LogP contribution in [0.5, 0.6) is 5.75 Å². The van der Waals surface area contributed by atoms with E-state index in [2.05, 4.69) is 16.9 Å². The van der Waals surface area contributed by atoms with Gasteiger partial charge in [-0.15, -0.1) is 0 Å². The molecule has 6 heteroatoms. The van der Waals surface area contributed by atoms with Crippen molar-refractivity contribution < 1.29 is 14.7 Å². The van der Waals surface area contributed by atoms with Gasteiger partial charge in [-0.3, -0.25) is 19.5 Å². The number of carbonyl (C=O) groups excluding carboxylic acids is 2. The van der Waals surface area contributed by atoms with Crippen LogP contribution in [-0.4, -0.2) is 27.9 Å². The molecule has 2 aliphatic heterocycles. The third-order valence-corrected chi connectivity index (χ3v) is 4.16. The summed E-state index contributed by atoms with van der Waals surface area (Å²) in [6.07, 6.45) is 4.34. The van der Waals surface area contributed by atoms with Crippen molar-refractivity contribution in [3.05, 3.63) is 42.4 Å². The van der Waals surface area contributed by atoms with Crippen molar-refractivity contribution in [1.82, 2.24) is 10.3 Å². The first-order valence-electron chi connectivity index (χ1n) is 6.99. The SMILES string of the molecule is C=C1CCC(N2C(=O)c3cc(O)cc4cncc2c34)C(=O)N1. The molecule has 1 atom stereocenters. The number of anilines is 1. The van der Waals surface area contributed by atoms with Gasteiger partial charge in [-0.1, -0.05) is 6.58 Å². The number of piperidine rings is 1. The first-order chi connectivity index (χ1) is 10.6. The van der Waals surface area contributed by atoms with Crippen molar-refractivity contribution in [3.8, 4) is 5.75 Å². The maximum atomic E-state index is 12.7. The average Bonchev–Trinajstić information content (AvgIpc) is 2.74. The fourth-order valence-electron chi connectivity index (χ4n) is 3.20. The maximum Gasteiger partial charge on any atom is 0.259 e. The van der Waals surface area contributed by atoms with Crippen molar-refractivity contribution in [3.63, 3.8) is 0 Å². The zero-order chi connectivity index (χ0) is 15.4. The van der Waals surface area contributed by atoms with Crippen LogP contribution < -0.4 is 10.2 Å². The molecule has 0 saturated carbocycles. The van der Waals surface area contributed by atoms with Crippen LogP contribution in [0, 0.1) is 0 Å². The van der Waals surface area contributed by atoms with Crippen molar-refractivity contribution in [2.45, 2.75) is 18.9 Å². The quantitative estimate of drug-likeness (QED) is 0.838. The van der Waals surface area contributed by atoms with E-state index in [0.29, 0.717) is 35.2 Å². The van der Waals surface area contributed by atoms with E-state index in [1.54, 1.807) is 18.5 Å². The Morgan fingerprint density at radius 3 is 2.91 bits per heavy atom. The van der Waals surface area contributed by atoms with Crippen molar-refractivity contribution in [1.29, 1.82) is 0 Å². The number of amides is 2. The van der Waals surface area contributed by atoms with Crippen LogP contribution in [0.2, 0.25) is 0 Å².